The van der Waals surface area contributed by atoms with Gasteiger partial charge in [-0.25, -0.2) is 9.97 Å². The van der Waals surface area contributed by atoms with Crippen molar-refractivity contribution in [2.45, 2.75) is 5.03 Å². The van der Waals surface area contributed by atoms with Crippen LogP contribution in [0.5, 0.6) is 5.75 Å². The maximum absolute atomic E-state index is 8.62. The first-order valence-corrected chi connectivity index (χ1v) is 4.94. The summed E-state index contributed by atoms with van der Waals surface area (Å²) in [6.07, 6.45) is 1.37. The molecule has 13 heavy (non-hydrogen) atoms. The van der Waals surface area contributed by atoms with Gasteiger partial charge in [-0.1, -0.05) is 11.6 Å². The molecule has 0 atom stereocenters. The van der Waals surface area contributed by atoms with Gasteiger partial charge in [-0.2, -0.15) is 0 Å². The second-order valence-electron chi connectivity index (χ2n) is 2.07. The number of rotatable bonds is 4. The highest BCUT2D eigenvalue weighted by Crippen LogP contribution is 2.31. The molecule has 0 aromatic carbocycles. The Morgan fingerprint density at radius 2 is 2.38 bits per heavy atom. The molecule has 0 aliphatic rings. The van der Waals surface area contributed by atoms with E-state index < -0.39 is 0 Å². The summed E-state index contributed by atoms with van der Waals surface area (Å²) < 4.78 is 5.01. The van der Waals surface area contributed by atoms with E-state index in [1.165, 1.54) is 25.2 Å². The quantitative estimate of drug-likeness (QED) is 0.611. The Bertz CT molecular complexity index is 285. The van der Waals surface area contributed by atoms with Crippen LogP contribution < -0.4 is 4.74 Å². The molecule has 72 valence electrons. The van der Waals surface area contributed by atoms with Gasteiger partial charge in [-0.05, 0) is 0 Å². The number of halogens is 1. The van der Waals surface area contributed by atoms with Crippen molar-refractivity contribution in [1.29, 1.82) is 0 Å². The smallest absolute Gasteiger partial charge is 0.188 e. The van der Waals surface area contributed by atoms with Crippen LogP contribution in [0.2, 0.25) is 5.15 Å². The van der Waals surface area contributed by atoms with E-state index in [2.05, 4.69) is 9.97 Å². The molecule has 4 nitrogen and oxygen atoms in total. The van der Waals surface area contributed by atoms with Crippen molar-refractivity contribution in [3.05, 3.63) is 11.5 Å². The summed E-state index contributed by atoms with van der Waals surface area (Å²) >= 11 is 7.13. The molecule has 0 aliphatic heterocycles. The van der Waals surface area contributed by atoms with Gasteiger partial charge >= 0.3 is 0 Å². The van der Waals surface area contributed by atoms with Crippen LogP contribution in [-0.2, 0) is 0 Å². The van der Waals surface area contributed by atoms with Crippen LogP contribution in [0.3, 0.4) is 0 Å². The minimum atomic E-state index is 0.0927. The van der Waals surface area contributed by atoms with Crippen LogP contribution in [0, 0.1) is 0 Å². The molecule has 1 heterocycles. The van der Waals surface area contributed by atoms with E-state index in [4.69, 9.17) is 21.4 Å². The molecule has 0 bridgehead atoms. The third-order valence-electron chi connectivity index (χ3n) is 1.26. The molecule has 0 aliphatic carbocycles. The van der Waals surface area contributed by atoms with Crippen molar-refractivity contribution in [1.82, 2.24) is 9.97 Å². The Labute approximate surface area is 85.3 Å². The fourth-order valence-electron chi connectivity index (χ4n) is 0.754. The molecule has 0 unspecified atom stereocenters. The van der Waals surface area contributed by atoms with Gasteiger partial charge in [0.1, 0.15) is 11.4 Å². The molecule has 0 amide bonds. The van der Waals surface area contributed by atoms with E-state index in [1.54, 1.807) is 0 Å². The zero-order valence-corrected chi connectivity index (χ0v) is 8.60. The highest BCUT2D eigenvalue weighted by Gasteiger charge is 2.09. The summed E-state index contributed by atoms with van der Waals surface area (Å²) in [5.41, 5.74) is 0. The summed E-state index contributed by atoms with van der Waals surface area (Å²) in [4.78, 5) is 7.75. The number of ether oxygens (including phenoxy) is 1. The third kappa shape index (κ3) is 2.72. The van der Waals surface area contributed by atoms with E-state index in [1.807, 2.05) is 0 Å². The molecular weight excluding hydrogens is 212 g/mol. The molecule has 0 spiro atoms. The number of methoxy groups -OCH3 is 1. The van der Waals surface area contributed by atoms with E-state index in [0.29, 0.717) is 16.5 Å². The van der Waals surface area contributed by atoms with E-state index in [9.17, 15) is 0 Å². The summed E-state index contributed by atoms with van der Waals surface area (Å²) in [6, 6.07) is 0. The lowest BCUT2D eigenvalue weighted by atomic mass is 10.6. The van der Waals surface area contributed by atoms with Gasteiger partial charge in [-0.15, -0.1) is 11.8 Å². The Morgan fingerprint density at radius 1 is 1.62 bits per heavy atom. The molecule has 1 aromatic rings. The first-order valence-electron chi connectivity index (χ1n) is 3.57. The predicted molar refractivity (Wildman–Crippen MR) is 51.4 cm³/mol. The van der Waals surface area contributed by atoms with Crippen LogP contribution in [0.25, 0.3) is 0 Å². The number of nitrogens with zero attached hydrogens (tertiary/aromatic N) is 2. The van der Waals surface area contributed by atoms with Crippen LogP contribution in [0.1, 0.15) is 0 Å². The number of aliphatic hydroxyl groups is 1. The molecule has 1 aromatic heterocycles. The van der Waals surface area contributed by atoms with Crippen molar-refractivity contribution >= 4 is 23.4 Å². The van der Waals surface area contributed by atoms with Crippen molar-refractivity contribution < 1.29 is 9.84 Å². The topological polar surface area (TPSA) is 55.2 Å². The monoisotopic (exact) mass is 220 g/mol. The lowest BCUT2D eigenvalue weighted by Gasteiger charge is -2.06. The van der Waals surface area contributed by atoms with Gasteiger partial charge in [0, 0.05) is 5.75 Å². The van der Waals surface area contributed by atoms with Crippen molar-refractivity contribution in [3.63, 3.8) is 0 Å². The summed E-state index contributed by atoms with van der Waals surface area (Å²) in [5, 5.41) is 9.56. The van der Waals surface area contributed by atoms with E-state index in [0.717, 1.165) is 0 Å². The summed E-state index contributed by atoms with van der Waals surface area (Å²) in [7, 11) is 1.51. The van der Waals surface area contributed by atoms with Gasteiger partial charge in [0.15, 0.2) is 10.9 Å². The molecule has 1 N–H and O–H groups in total. The Hall–Kier alpha value is -0.520. The predicted octanol–water partition coefficient (Wildman–Crippen LogP) is 1.22. The van der Waals surface area contributed by atoms with Crippen LogP contribution in [0.4, 0.5) is 0 Å². The van der Waals surface area contributed by atoms with E-state index in [-0.39, 0.29) is 11.8 Å². The summed E-state index contributed by atoms with van der Waals surface area (Å²) in [5.74, 6) is 1.02. The minimum Gasteiger partial charge on any atom is -0.491 e. The Morgan fingerprint density at radius 3 is 3.00 bits per heavy atom. The minimum absolute atomic E-state index is 0.0927. The van der Waals surface area contributed by atoms with Gasteiger partial charge in [0.05, 0.1) is 13.7 Å². The van der Waals surface area contributed by atoms with Crippen LogP contribution in [0.15, 0.2) is 11.4 Å². The number of thioether (sulfide) groups is 1. The van der Waals surface area contributed by atoms with Crippen LogP contribution >= 0.6 is 23.4 Å². The standard InChI is InChI=1S/C7H9ClN2O2S/c1-12-5-6(8)9-4-10-7(5)13-3-2-11/h4,11H,2-3H2,1H3. The number of hydrogen-bond acceptors (Lipinski definition) is 5. The highest BCUT2D eigenvalue weighted by molar-refractivity contribution is 7.99. The first kappa shape index (κ1) is 10.6. The fourth-order valence-corrected chi connectivity index (χ4v) is 1.74. The first-order chi connectivity index (χ1) is 6.29. The van der Waals surface area contributed by atoms with E-state index >= 15 is 0 Å². The number of aromatic nitrogens is 2. The second-order valence-corrected chi connectivity index (χ2v) is 3.52. The third-order valence-corrected chi connectivity index (χ3v) is 2.48. The average molecular weight is 221 g/mol. The lowest BCUT2D eigenvalue weighted by molar-refractivity contribution is 0.322. The van der Waals surface area contributed by atoms with Gasteiger partial charge in [0.25, 0.3) is 0 Å². The van der Waals surface area contributed by atoms with Crippen molar-refractivity contribution in [3.8, 4) is 5.75 Å². The number of hydrogen-bond donors (Lipinski definition) is 1. The fraction of sp³-hybridized carbons (Fsp3) is 0.429. The number of aliphatic hydroxyl groups excluding tert-OH is 1. The zero-order chi connectivity index (χ0) is 9.68. The van der Waals surface area contributed by atoms with Crippen LogP contribution in [-0.4, -0.2) is 34.5 Å². The zero-order valence-electron chi connectivity index (χ0n) is 7.03. The molecular formula is C7H9ClN2O2S. The van der Waals surface area contributed by atoms with Crippen molar-refractivity contribution in [2.24, 2.45) is 0 Å². The molecule has 6 heteroatoms. The molecule has 0 saturated carbocycles. The molecule has 1 rings (SSSR count). The normalized spacial score (nSPS) is 10.1. The second kappa shape index (κ2) is 5.26. The lowest BCUT2D eigenvalue weighted by Crippen LogP contribution is -1.95. The average Bonchev–Trinajstić information content (AvgIpc) is 2.15. The maximum Gasteiger partial charge on any atom is 0.188 e. The van der Waals surface area contributed by atoms with Gasteiger partial charge in [-0.3, -0.25) is 0 Å². The maximum atomic E-state index is 8.62. The summed E-state index contributed by atoms with van der Waals surface area (Å²) in [6.45, 7) is 0.0927. The van der Waals surface area contributed by atoms with Gasteiger partial charge in [0.2, 0.25) is 0 Å². The Kier molecular flexibility index (Phi) is 4.27. The molecule has 0 radical (unpaired) electrons. The largest absolute Gasteiger partial charge is 0.491 e. The molecule has 0 saturated heterocycles. The van der Waals surface area contributed by atoms with Gasteiger partial charge < -0.3 is 9.84 Å². The highest BCUT2D eigenvalue weighted by atomic mass is 35.5. The van der Waals surface area contributed by atoms with Crippen molar-refractivity contribution in [2.75, 3.05) is 19.5 Å². The SMILES string of the molecule is COc1c(Cl)ncnc1SCCO. The Balaban J connectivity index is 2.85. The molecule has 0 fully saturated rings.